The minimum Gasteiger partial charge on any atom is -0.507 e. The van der Waals surface area contributed by atoms with Crippen LogP contribution in [-0.2, 0) is 11.0 Å². The molecule has 0 bridgehead atoms. The monoisotopic (exact) mass is 459 g/mol. The SMILES string of the molecule is O=C1/C(=C/c2ccc(O)c(Br)c2)SC(=S)N1c1cccc(C(F)(F)F)c1. The topological polar surface area (TPSA) is 40.5 Å². The summed E-state index contributed by atoms with van der Waals surface area (Å²) in [6.07, 6.45) is -2.94. The van der Waals surface area contributed by atoms with Gasteiger partial charge in [0.2, 0.25) is 0 Å². The van der Waals surface area contributed by atoms with Gasteiger partial charge in [0.25, 0.3) is 5.91 Å². The van der Waals surface area contributed by atoms with E-state index < -0.39 is 17.6 Å². The fraction of sp³-hybridized carbons (Fsp3) is 0.0588. The van der Waals surface area contributed by atoms with Gasteiger partial charge in [-0.3, -0.25) is 9.69 Å². The van der Waals surface area contributed by atoms with Gasteiger partial charge in [0.1, 0.15) is 5.75 Å². The van der Waals surface area contributed by atoms with Crippen molar-refractivity contribution in [1.29, 1.82) is 0 Å². The second-order valence-electron chi connectivity index (χ2n) is 5.28. The van der Waals surface area contributed by atoms with Crippen molar-refractivity contribution in [2.75, 3.05) is 4.90 Å². The van der Waals surface area contributed by atoms with Crippen LogP contribution < -0.4 is 4.90 Å². The van der Waals surface area contributed by atoms with E-state index in [1.165, 1.54) is 18.2 Å². The van der Waals surface area contributed by atoms with Crippen LogP contribution in [0.5, 0.6) is 5.75 Å². The molecule has 1 heterocycles. The maximum atomic E-state index is 12.9. The molecule has 0 aromatic heterocycles. The van der Waals surface area contributed by atoms with Crippen molar-refractivity contribution in [2.45, 2.75) is 6.18 Å². The van der Waals surface area contributed by atoms with E-state index in [1.807, 2.05) is 0 Å². The van der Waals surface area contributed by atoms with E-state index in [0.29, 0.717) is 10.0 Å². The highest BCUT2D eigenvalue weighted by atomic mass is 79.9. The van der Waals surface area contributed by atoms with Crippen LogP contribution in [0.1, 0.15) is 11.1 Å². The van der Waals surface area contributed by atoms with Gasteiger partial charge in [-0.05, 0) is 57.9 Å². The lowest BCUT2D eigenvalue weighted by Gasteiger charge is -2.16. The van der Waals surface area contributed by atoms with Crippen molar-refractivity contribution < 1.29 is 23.1 Å². The van der Waals surface area contributed by atoms with E-state index in [9.17, 15) is 23.1 Å². The van der Waals surface area contributed by atoms with E-state index in [2.05, 4.69) is 15.9 Å². The Labute approximate surface area is 164 Å². The van der Waals surface area contributed by atoms with Crippen LogP contribution in [-0.4, -0.2) is 15.3 Å². The lowest BCUT2D eigenvalue weighted by atomic mass is 10.1. The van der Waals surface area contributed by atoms with Gasteiger partial charge in [0.05, 0.1) is 20.6 Å². The van der Waals surface area contributed by atoms with Gasteiger partial charge in [-0.25, -0.2) is 0 Å². The molecule has 134 valence electrons. The van der Waals surface area contributed by atoms with Gasteiger partial charge in [-0.15, -0.1) is 0 Å². The van der Waals surface area contributed by atoms with Crippen LogP contribution in [0.2, 0.25) is 0 Å². The molecule has 0 unspecified atom stereocenters. The van der Waals surface area contributed by atoms with Gasteiger partial charge >= 0.3 is 6.18 Å². The molecule has 2 aromatic rings. The van der Waals surface area contributed by atoms with Crippen molar-refractivity contribution in [2.24, 2.45) is 0 Å². The van der Waals surface area contributed by atoms with Crippen LogP contribution in [0, 0.1) is 0 Å². The molecule has 2 aromatic carbocycles. The predicted molar refractivity (Wildman–Crippen MR) is 103 cm³/mol. The summed E-state index contributed by atoms with van der Waals surface area (Å²) in [6.45, 7) is 0. The van der Waals surface area contributed by atoms with Crippen molar-refractivity contribution in [1.82, 2.24) is 0 Å². The fourth-order valence-corrected chi connectivity index (χ4v) is 3.97. The number of amides is 1. The number of benzene rings is 2. The highest BCUT2D eigenvalue weighted by molar-refractivity contribution is 9.10. The Morgan fingerprint density at radius 2 is 1.92 bits per heavy atom. The molecular weight excluding hydrogens is 451 g/mol. The molecule has 0 aliphatic carbocycles. The number of nitrogens with zero attached hydrogens (tertiary/aromatic N) is 1. The van der Waals surface area contributed by atoms with Crippen molar-refractivity contribution in [3.63, 3.8) is 0 Å². The van der Waals surface area contributed by atoms with Crippen molar-refractivity contribution in [3.05, 3.63) is 63.0 Å². The molecular formula is C17H9BrF3NO2S2. The summed E-state index contributed by atoms with van der Waals surface area (Å²) in [5.74, 6) is -0.442. The summed E-state index contributed by atoms with van der Waals surface area (Å²) < 4.78 is 39.3. The highest BCUT2D eigenvalue weighted by Gasteiger charge is 2.36. The van der Waals surface area contributed by atoms with Crippen LogP contribution in [0.4, 0.5) is 18.9 Å². The highest BCUT2D eigenvalue weighted by Crippen LogP contribution is 2.38. The van der Waals surface area contributed by atoms with Crippen LogP contribution in [0.25, 0.3) is 6.08 Å². The number of phenols is 1. The lowest BCUT2D eigenvalue weighted by Crippen LogP contribution is -2.27. The number of rotatable bonds is 2. The first-order valence-electron chi connectivity index (χ1n) is 7.10. The maximum Gasteiger partial charge on any atom is 0.416 e. The van der Waals surface area contributed by atoms with Crippen LogP contribution in [0.3, 0.4) is 0 Å². The Hall–Kier alpha value is -1.84. The molecule has 3 rings (SSSR count). The first kappa shape index (κ1) is 18.9. The number of carbonyl (C=O) groups excluding carboxylic acids is 1. The van der Waals surface area contributed by atoms with Crippen LogP contribution >= 0.6 is 39.9 Å². The summed E-state index contributed by atoms with van der Waals surface area (Å²) in [4.78, 5) is 14.0. The molecule has 26 heavy (non-hydrogen) atoms. The van der Waals surface area contributed by atoms with Crippen molar-refractivity contribution >= 4 is 61.9 Å². The molecule has 0 atom stereocenters. The molecule has 3 nitrogen and oxygen atoms in total. The first-order valence-corrected chi connectivity index (χ1v) is 9.12. The van der Waals surface area contributed by atoms with Gasteiger partial charge in [-0.1, -0.05) is 36.1 Å². The van der Waals surface area contributed by atoms with Gasteiger partial charge in [0, 0.05) is 0 Å². The number of thiocarbonyl (C=S) groups is 1. The molecule has 1 aliphatic rings. The second kappa shape index (κ2) is 7.05. The molecule has 0 radical (unpaired) electrons. The van der Waals surface area contributed by atoms with Gasteiger partial charge < -0.3 is 5.11 Å². The number of phenolic OH excluding ortho intramolecular Hbond substituents is 1. The minimum atomic E-state index is -4.51. The number of alkyl halides is 3. The van der Waals surface area contributed by atoms with Gasteiger partial charge in [-0.2, -0.15) is 13.2 Å². The van der Waals surface area contributed by atoms with E-state index in [4.69, 9.17) is 12.2 Å². The largest absolute Gasteiger partial charge is 0.507 e. The van der Waals surface area contributed by atoms with E-state index in [1.54, 1.807) is 18.2 Å². The summed E-state index contributed by atoms with van der Waals surface area (Å²) >= 11 is 9.36. The van der Waals surface area contributed by atoms with Gasteiger partial charge in [0.15, 0.2) is 4.32 Å². The fourth-order valence-electron chi connectivity index (χ4n) is 2.28. The molecule has 1 saturated heterocycles. The number of halogens is 4. The summed E-state index contributed by atoms with van der Waals surface area (Å²) in [7, 11) is 0. The number of thioether (sulfide) groups is 1. The number of hydrogen-bond acceptors (Lipinski definition) is 4. The minimum absolute atomic E-state index is 0.0543. The third-order valence-corrected chi connectivity index (χ3v) is 5.43. The Morgan fingerprint density at radius 3 is 2.58 bits per heavy atom. The molecule has 1 fully saturated rings. The average molecular weight is 460 g/mol. The standard InChI is InChI=1S/C17H9BrF3NO2S2/c18-12-6-9(4-5-13(12)23)7-14-15(24)22(16(25)26-14)11-3-1-2-10(8-11)17(19,20)21/h1-8,23H/b14-7-. The molecule has 1 amide bonds. The Morgan fingerprint density at radius 1 is 1.19 bits per heavy atom. The van der Waals surface area contributed by atoms with Crippen LogP contribution in [0.15, 0.2) is 51.8 Å². The maximum absolute atomic E-state index is 12.9. The number of hydrogen-bond donors (Lipinski definition) is 1. The molecule has 1 aliphatic heterocycles. The Kier molecular flexibility index (Phi) is 5.14. The predicted octanol–water partition coefficient (Wildman–Crippen LogP) is 5.58. The van der Waals surface area contributed by atoms with Crippen molar-refractivity contribution in [3.8, 4) is 5.75 Å². The molecule has 0 spiro atoms. The third-order valence-electron chi connectivity index (χ3n) is 3.49. The zero-order valence-electron chi connectivity index (χ0n) is 12.7. The summed E-state index contributed by atoms with van der Waals surface area (Å²) in [6, 6.07) is 9.15. The molecule has 9 heteroatoms. The zero-order chi connectivity index (χ0) is 19.1. The normalized spacial score (nSPS) is 16.6. The molecule has 0 saturated carbocycles. The number of anilines is 1. The number of aromatic hydroxyl groups is 1. The summed E-state index contributed by atoms with van der Waals surface area (Å²) in [5.41, 5.74) is -0.146. The Bertz CT molecular complexity index is 944. The third kappa shape index (κ3) is 3.79. The average Bonchev–Trinajstić information content (AvgIpc) is 2.84. The van der Waals surface area contributed by atoms with E-state index in [-0.39, 0.29) is 20.7 Å². The Balaban J connectivity index is 1.94. The first-order chi connectivity index (χ1) is 12.2. The quantitative estimate of drug-likeness (QED) is 0.470. The summed E-state index contributed by atoms with van der Waals surface area (Å²) in [5, 5.41) is 9.52. The molecule has 1 N–H and O–H groups in total. The zero-order valence-corrected chi connectivity index (χ0v) is 16.0. The van der Waals surface area contributed by atoms with E-state index in [0.717, 1.165) is 28.8 Å². The smallest absolute Gasteiger partial charge is 0.416 e. The van der Waals surface area contributed by atoms with E-state index >= 15 is 0 Å². The number of carbonyl (C=O) groups is 1. The lowest BCUT2D eigenvalue weighted by molar-refractivity contribution is -0.137. The second-order valence-corrected chi connectivity index (χ2v) is 7.81.